The van der Waals surface area contributed by atoms with Gasteiger partial charge in [0, 0.05) is 22.7 Å². The lowest BCUT2D eigenvalue weighted by Crippen LogP contribution is -2.38. The number of rotatable bonds is 4. The number of halogens is 1. The fraction of sp³-hybridized carbons (Fsp3) is 0.600. The Balaban J connectivity index is 1.96. The summed E-state index contributed by atoms with van der Waals surface area (Å²) in [5.41, 5.74) is 7.12. The number of hydrogen-bond donors (Lipinski definition) is 2. The van der Waals surface area contributed by atoms with E-state index in [1.807, 2.05) is 6.07 Å². The molecule has 1 fully saturated rings. The molecule has 2 rings (SSSR count). The molecule has 1 aromatic carbocycles. The minimum atomic E-state index is 0.409. The Kier molecular flexibility index (Phi) is 5.07. The van der Waals surface area contributed by atoms with Gasteiger partial charge >= 0.3 is 0 Å². The first-order valence-corrected chi connectivity index (χ1v) is 7.70. The molecule has 0 saturated heterocycles. The molecule has 1 aliphatic carbocycles. The van der Waals surface area contributed by atoms with Crippen LogP contribution in [0.25, 0.3) is 0 Å². The first-order chi connectivity index (χ1) is 8.69. The Labute approximate surface area is 118 Å². The largest absolute Gasteiger partial charge is 0.381 e. The average Bonchev–Trinajstić information content (AvgIpc) is 2.37. The minimum Gasteiger partial charge on any atom is -0.381 e. The second kappa shape index (κ2) is 6.58. The number of benzene rings is 1. The lowest BCUT2D eigenvalue weighted by Gasteiger charge is -2.33. The summed E-state index contributed by atoms with van der Waals surface area (Å²) in [5.74, 6) is 1.62. The van der Waals surface area contributed by atoms with Crippen LogP contribution in [-0.4, -0.2) is 12.6 Å². The number of anilines is 1. The van der Waals surface area contributed by atoms with Crippen LogP contribution in [0.3, 0.4) is 0 Å². The Morgan fingerprint density at radius 3 is 2.67 bits per heavy atom. The summed E-state index contributed by atoms with van der Waals surface area (Å²) >= 11 is 3.51. The Morgan fingerprint density at radius 1 is 1.33 bits per heavy atom. The van der Waals surface area contributed by atoms with E-state index in [1.54, 1.807) is 0 Å². The second-order valence-electron chi connectivity index (χ2n) is 5.52. The van der Waals surface area contributed by atoms with E-state index in [9.17, 15) is 0 Å². The molecule has 100 valence electrons. The van der Waals surface area contributed by atoms with Crippen LogP contribution in [0.15, 0.2) is 28.7 Å². The minimum absolute atomic E-state index is 0.409. The van der Waals surface area contributed by atoms with Gasteiger partial charge in [0.05, 0.1) is 0 Å². The molecule has 0 heterocycles. The van der Waals surface area contributed by atoms with Crippen LogP contribution < -0.4 is 11.1 Å². The van der Waals surface area contributed by atoms with Crippen LogP contribution in [0, 0.1) is 11.8 Å². The molecule has 0 bridgehead atoms. The monoisotopic (exact) mass is 310 g/mol. The molecule has 0 aromatic heterocycles. The number of nitrogens with one attached hydrogen (secondary N) is 1. The van der Waals surface area contributed by atoms with Crippen molar-refractivity contribution in [3.63, 3.8) is 0 Å². The van der Waals surface area contributed by atoms with Crippen LogP contribution in [-0.2, 0) is 0 Å². The summed E-state index contributed by atoms with van der Waals surface area (Å²) in [6, 6.07) is 8.74. The fourth-order valence-electron chi connectivity index (χ4n) is 2.85. The highest BCUT2D eigenvalue weighted by Crippen LogP contribution is 2.31. The molecule has 3 N–H and O–H groups in total. The van der Waals surface area contributed by atoms with E-state index in [-0.39, 0.29) is 0 Å². The van der Waals surface area contributed by atoms with E-state index >= 15 is 0 Å². The zero-order chi connectivity index (χ0) is 13.0. The molecular formula is C15H23BrN2. The van der Waals surface area contributed by atoms with Gasteiger partial charge in [-0.15, -0.1) is 0 Å². The van der Waals surface area contributed by atoms with Crippen molar-refractivity contribution in [3.8, 4) is 0 Å². The van der Waals surface area contributed by atoms with Gasteiger partial charge in [0.15, 0.2) is 0 Å². The van der Waals surface area contributed by atoms with Crippen LogP contribution in [0.1, 0.15) is 32.6 Å². The molecule has 18 heavy (non-hydrogen) atoms. The summed E-state index contributed by atoms with van der Waals surface area (Å²) < 4.78 is 1.11. The summed E-state index contributed by atoms with van der Waals surface area (Å²) in [6.45, 7) is 3.07. The highest BCUT2D eigenvalue weighted by Gasteiger charge is 2.25. The number of nitrogens with two attached hydrogens (primary N) is 1. The van der Waals surface area contributed by atoms with Gasteiger partial charge in [0.25, 0.3) is 0 Å². The summed E-state index contributed by atoms with van der Waals surface area (Å²) in [7, 11) is 0. The zero-order valence-corrected chi connectivity index (χ0v) is 12.6. The van der Waals surface area contributed by atoms with Gasteiger partial charge in [0.1, 0.15) is 0 Å². The van der Waals surface area contributed by atoms with Gasteiger partial charge in [-0.05, 0) is 42.9 Å². The van der Waals surface area contributed by atoms with E-state index in [0.717, 1.165) is 16.3 Å². The summed E-state index contributed by atoms with van der Waals surface area (Å²) in [4.78, 5) is 0. The molecular weight excluding hydrogens is 288 g/mol. The highest BCUT2D eigenvalue weighted by atomic mass is 79.9. The van der Waals surface area contributed by atoms with Gasteiger partial charge in [-0.25, -0.2) is 0 Å². The molecule has 0 spiro atoms. The van der Waals surface area contributed by atoms with Crippen molar-refractivity contribution in [3.05, 3.63) is 28.7 Å². The van der Waals surface area contributed by atoms with Crippen molar-refractivity contribution in [1.82, 2.24) is 0 Å². The van der Waals surface area contributed by atoms with Crippen LogP contribution in [0.5, 0.6) is 0 Å². The van der Waals surface area contributed by atoms with Crippen molar-refractivity contribution in [2.75, 3.05) is 11.9 Å². The second-order valence-corrected chi connectivity index (χ2v) is 6.43. The van der Waals surface area contributed by atoms with Gasteiger partial charge in [-0.3, -0.25) is 0 Å². The van der Waals surface area contributed by atoms with E-state index in [4.69, 9.17) is 5.73 Å². The Hall–Kier alpha value is -0.540. The third-order valence-corrected chi connectivity index (χ3v) is 4.55. The predicted molar refractivity (Wildman–Crippen MR) is 81.7 cm³/mol. The van der Waals surface area contributed by atoms with Crippen molar-refractivity contribution in [2.24, 2.45) is 17.6 Å². The molecule has 1 aliphatic rings. The smallest absolute Gasteiger partial charge is 0.0411 e. The standard InChI is InChI=1S/C15H23BrN2/c1-11-5-7-12(8-6-11)15(10-17)18-14-4-2-3-13(16)9-14/h2-4,9,11-12,15,18H,5-8,10,17H2,1H3. The van der Waals surface area contributed by atoms with Crippen molar-refractivity contribution >= 4 is 21.6 Å². The quantitative estimate of drug-likeness (QED) is 0.881. The first kappa shape index (κ1) is 13.9. The summed E-state index contributed by atoms with van der Waals surface area (Å²) in [5, 5.41) is 3.60. The third kappa shape index (κ3) is 3.72. The van der Waals surface area contributed by atoms with E-state index in [0.29, 0.717) is 12.6 Å². The molecule has 1 unspecified atom stereocenters. The third-order valence-electron chi connectivity index (χ3n) is 4.06. The first-order valence-electron chi connectivity index (χ1n) is 6.91. The van der Waals surface area contributed by atoms with Gasteiger partial charge in [0.2, 0.25) is 0 Å². The maximum atomic E-state index is 5.95. The Morgan fingerprint density at radius 2 is 2.06 bits per heavy atom. The fourth-order valence-corrected chi connectivity index (χ4v) is 3.25. The Bertz CT molecular complexity index is 373. The van der Waals surface area contributed by atoms with E-state index < -0.39 is 0 Å². The van der Waals surface area contributed by atoms with Gasteiger partial charge in [-0.1, -0.05) is 41.8 Å². The topological polar surface area (TPSA) is 38.0 Å². The van der Waals surface area contributed by atoms with Crippen LogP contribution in [0.4, 0.5) is 5.69 Å². The lowest BCUT2D eigenvalue weighted by atomic mass is 9.79. The molecule has 1 atom stereocenters. The predicted octanol–water partition coefficient (Wildman–Crippen LogP) is 4.01. The highest BCUT2D eigenvalue weighted by molar-refractivity contribution is 9.10. The zero-order valence-electron chi connectivity index (χ0n) is 11.0. The molecule has 3 heteroatoms. The summed E-state index contributed by atoms with van der Waals surface area (Å²) in [6.07, 6.45) is 5.32. The molecule has 0 radical (unpaired) electrons. The SMILES string of the molecule is CC1CCC(C(CN)Nc2cccc(Br)c2)CC1. The van der Waals surface area contributed by atoms with Crippen molar-refractivity contribution < 1.29 is 0 Å². The lowest BCUT2D eigenvalue weighted by molar-refractivity contribution is 0.265. The molecule has 1 aromatic rings. The van der Waals surface area contributed by atoms with Gasteiger partial charge < -0.3 is 11.1 Å². The molecule has 1 saturated carbocycles. The molecule has 0 aliphatic heterocycles. The van der Waals surface area contributed by atoms with Gasteiger partial charge in [-0.2, -0.15) is 0 Å². The van der Waals surface area contributed by atoms with E-state index in [1.165, 1.54) is 31.4 Å². The molecule has 2 nitrogen and oxygen atoms in total. The number of hydrogen-bond acceptors (Lipinski definition) is 2. The van der Waals surface area contributed by atoms with Crippen molar-refractivity contribution in [1.29, 1.82) is 0 Å². The maximum Gasteiger partial charge on any atom is 0.0411 e. The normalized spacial score (nSPS) is 25.7. The van der Waals surface area contributed by atoms with E-state index in [2.05, 4.69) is 46.4 Å². The maximum absolute atomic E-state index is 5.95. The van der Waals surface area contributed by atoms with Crippen LogP contribution in [0.2, 0.25) is 0 Å². The van der Waals surface area contributed by atoms with Crippen LogP contribution >= 0.6 is 15.9 Å². The molecule has 0 amide bonds. The van der Waals surface area contributed by atoms with Crippen molar-refractivity contribution in [2.45, 2.75) is 38.6 Å². The average molecular weight is 311 g/mol.